The van der Waals surface area contributed by atoms with Crippen molar-refractivity contribution in [1.29, 1.82) is 0 Å². The number of hydrogen-bond acceptors (Lipinski definition) is 2. The Bertz CT molecular complexity index is 256. The van der Waals surface area contributed by atoms with Gasteiger partial charge in [-0.05, 0) is 37.5 Å². The Balaban J connectivity index is 1.63. The third-order valence-corrected chi connectivity index (χ3v) is 4.62. The van der Waals surface area contributed by atoms with Crippen molar-refractivity contribution in [2.75, 3.05) is 6.54 Å². The maximum absolute atomic E-state index is 11.5. The van der Waals surface area contributed by atoms with Crippen molar-refractivity contribution in [3.05, 3.63) is 0 Å². The van der Waals surface area contributed by atoms with Gasteiger partial charge in [0.2, 0.25) is 0 Å². The molecule has 0 aromatic rings. The van der Waals surface area contributed by atoms with Gasteiger partial charge in [0.1, 0.15) is 5.78 Å². The van der Waals surface area contributed by atoms with Crippen LogP contribution in [0.15, 0.2) is 0 Å². The van der Waals surface area contributed by atoms with Crippen LogP contribution in [0.3, 0.4) is 0 Å². The zero-order valence-electron chi connectivity index (χ0n) is 9.61. The molecule has 0 N–H and O–H groups in total. The molecule has 1 saturated carbocycles. The van der Waals surface area contributed by atoms with E-state index in [1.165, 1.54) is 32.2 Å². The maximum Gasteiger partial charge on any atom is 0.136 e. The molecule has 1 aliphatic carbocycles. The van der Waals surface area contributed by atoms with Crippen LogP contribution in [0, 0.1) is 11.8 Å². The second-order valence-corrected chi connectivity index (χ2v) is 5.84. The Labute approximate surface area is 92.0 Å². The van der Waals surface area contributed by atoms with Gasteiger partial charge in [-0.25, -0.2) is 0 Å². The summed E-state index contributed by atoms with van der Waals surface area (Å²) in [5.41, 5.74) is 0. The highest BCUT2D eigenvalue weighted by Gasteiger charge is 2.41. The molecule has 0 spiro atoms. The number of rotatable bonds is 3. The van der Waals surface area contributed by atoms with Crippen LogP contribution in [0.2, 0.25) is 0 Å². The fourth-order valence-corrected chi connectivity index (χ4v) is 3.51. The standard InChI is InChI=1S/C13H21NO/c1-9(10-2-3-10)8-14-11-4-5-12(14)7-13(15)6-11/h9-12H,2-8H2,1H3. The number of carbonyl (C=O) groups excluding carboxylic acids is 1. The number of Topliss-reactive ketones (excluding diaryl/α,β-unsaturated/α-hetero) is 1. The summed E-state index contributed by atoms with van der Waals surface area (Å²) in [5, 5.41) is 0. The topological polar surface area (TPSA) is 20.3 Å². The molecule has 2 heterocycles. The first kappa shape index (κ1) is 9.83. The zero-order chi connectivity index (χ0) is 10.4. The lowest BCUT2D eigenvalue weighted by molar-refractivity contribution is -0.123. The molecule has 0 amide bonds. The number of ketones is 1. The van der Waals surface area contributed by atoms with Gasteiger partial charge in [-0.15, -0.1) is 0 Å². The lowest BCUT2D eigenvalue weighted by Gasteiger charge is -2.35. The van der Waals surface area contributed by atoms with E-state index in [0.717, 1.165) is 24.7 Å². The van der Waals surface area contributed by atoms with E-state index < -0.39 is 0 Å². The van der Waals surface area contributed by atoms with E-state index in [9.17, 15) is 4.79 Å². The van der Waals surface area contributed by atoms with E-state index in [-0.39, 0.29) is 0 Å². The van der Waals surface area contributed by atoms with E-state index in [0.29, 0.717) is 17.9 Å². The molecule has 0 radical (unpaired) electrons. The molecule has 3 rings (SSSR count). The molecule has 3 aliphatic rings. The molecular formula is C13H21NO. The zero-order valence-corrected chi connectivity index (χ0v) is 9.61. The van der Waals surface area contributed by atoms with Crippen LogP contribution in [-0.2, 0) is 4.79 Å². The summed E-state index contributed by atoms with van der Waals surface area (Å²) in [6.07, 6.45) is 7.12. The monoisotopic (exact) mass is 207 g/mol. The first-order valence-electron chi connectivity index (χ1n) is 6.51. The van der Waals surface area contributed by atoms with Crippen molar-refractivity contribution in [3.8, 4) is 0 Å². The summed E-state index contributed by atoms with van der Waals surface area (Å²) in [7, 11) is 0. The highest BCUT2D eigenvalue weighted by atomic mass is 16.1. The normalized spacial score (nSPS) is 38.3. The van der Waals surface area contributed by atoms with Crippen LogP contribution < -0.4 is 0 Å². The number of carbonyl (C=O) groups is 1. The van der Waals surface area contributed by atoms with E-state index >= 15 is 0 Å². The fourth-order valence-electron chi connectivity index (χ4n) is 3.51. The minimum atomic E-state index is 0.512. The van der Waals surface area contributed by atoms with Crippen LogP contribution >= 0.6 is 0 Å². The fraction of sp³-hybridized carbons (Fsp3) is 0.923. The van der Waals surface area contributed by atoms with Crippen LogP contribution in [0.25, 0.3) is 0 Å². The molecule has 0 aromatic carbocycles. The minimum Gasteiger partial charge on any atom is -0.300 e. The molecule has 3 fully saturated rings. The first-order chi connectivity index (χ1) is 7.24. The summed E-state index contributed by atoms with van der Waals surface area (Å²) in [5.74, 6) is 2.38. The minimum absolute atomic E-state index is 0.512. The number of hydrogen-bond donors (Lipinski definition) is 0. The maximum atomic E-state index is 11.5. The van der Waals surface area contributed by atoms with Crippen molar-refractivity contribution >= 4 is 5.78 Å². The van der Waals surface area contributed by atoms with E-state index in [1.54, 1.807) is 0 Å². The Hall–Kier alpha value is -0.370. The summed E-state index contributed by atoms with van der Waals surface area (Å²) in [6, 6.07) is 1.22. The molecule has 15 heavy (non-hydrogen) atoms. The van der Waals surface area contributed by atoms with Gasteiger partial charge in [-0.2, -0.15) is 0 Å². The molecule has 2 bridgehead atoms. The lowest BCUT2D eigenvalue weighted by Crippen LogP contribution is -2.45. The third kappa shape index (κ3) is 1.84. The second kappa shape index (κ2) is 3.58. The first-order valence-corrected chi connectivity index (χ1v) is 6.51. The van der Waals surface area contributed by atoms with E-state index in [2.05, 4.69) is 11.8 Å². The highest BCUT2D eigenvalue weighted by molar-refractivity contribution is 5.80. The average Bonchev–Trinajstić information content (AvgIpc) is 2.97. The van der Waals surface area contributed by atoms with Crippen molar-refractivity contribution in [1.82, 2.24) is 4.90 Å². The van der Waals surface area contributed by atoms with Gasteiger partial charge in [0.05, 0.1) is 0 Å². The van der Waals surface area contributed by atoms with Crippen LogP contribution in [0.4, 0.5) is 0 Å². The largest absolute Gasteiger partial charge is 0.300 e. The lowest BCUT2D eigenvalue weighted by atomic mass is 9.98. The number of piperidine rings is 1. The highest BCUT2D eigenvalue weighted by Crippen LogP contribution is 2.40. The number of nitrogens with zero attached hydrogens (tertiary/aromatic N) is 1. The Morgan fingerprint density at radius 3 is 2.33 bits per heavy atom. The molecule has 2 nitrogen and oxygen atoms in total. The smallest absolute Gasteiger partial charge is 0.136 e. The Morgan fingerprint density at radius 2 is 1.80 bits per heavy atom. The van der Waals surface area contributed by atoms with Gasteiger partial charge >= 0.3 is 0 Å². The van der Waals surface area contributed by atoms with Crippen LogP contribution in [-0.4, -0.2) is 29.3 Å². The summed E-state index contributed by atoms with van der Waals surface area (Å²) in [4.78, 5) is 14.1. The van der Waals surface area contributed by atoms with Crippen molar-refractivity contribution in [3.63, 3.8) is 0 Å². The summed E-state index contributed by atoms with van der Waals surface area (Å²) in [6.45, 7) is 3.65. The second-order valence-electron chi connectivity index (χ2n) is 5.84. The van der Waals surface area contributed by atoms with Gasteiger partial charge in [0.15, 0.2) is 0 Å². The number of fused-ring (bicyclic) bond motifs is 2. The van der Waals surface area contributed by atoms with Crippen LogP contribution in [0.1, 0.15) is 45.4 Å². The SMILES string of the molecule is CC(CN1C2CCC1CC(=O)C2)C1CC1. The summed E-state index contributed by atoms with van der Waals surface area (Å²) < 4.78 is 0. The Morgan fingerprint density at radius 1 is 1.20 bits per heavy atom. The van der Waals surface area contributed by atoms with E-state index in [1.807, 2.05) is 0 Å². The third-order valence-electron chi connectivity index (χ3n) is 4.62. The van der Waals surface area contributed by atoms with Crippen molar-refractivity contribution in [2.45, 2.75) is 57.5 Å². The van der Waals surface area contributed by atoms with Crippen LogP contribution in [0.5, 0.6) is 0 Å². The quantitative estimate of drug-likeness (QED) is 0.707. The molecule has 2 saturated heterocycles. The van der Waals surface area contributed by atoms with Gasteiger partial charge in [0, 0.05) is 31.5 Å². The van der Waals surface area contributed by atoms with Gasteiger partial charge in [-0.1, -0.05) is 6.92 Å². The molecule has 0 aromatic heterocycles. The Kier molecular flexibility index (Phi) is 2.35. The molecular weight excluding hydrogens is 186 g/mol. The molecule has 3 unspecified atom stereocenters. The average molecular weight is 207 g/mol. The van der Waals surface area contributed by atoms with Gasteiger partial charge < -0.3 is 0 Å². The molecule has 3 atom stereocenters. The van der Waals surface area contributed by atoms with Crippen molar-refractivity contribution < 1.29 is 4.79 Å². The predicted molar refractivity (Wildman–Crippen MR) is 59.6 cm³/mol. The molecule has 2 aliphatic heterocycles. The molecule has 2 heteroatoms. The predicted octanol–water partition coefficient (Wildman–Crippen LogP) is 2.23. The molecule has 84 valence electrons. The summed E-state index contributed by atoms with van der Waals surface area (Å²) >= 11 is 0. The van der Waals surface area contributed by atoms with Gasteiger partial charge in [0.25, 0.3) is 0 Å². The van der Waals surface area contributed by atoms with E-state index in [4.69, 9.17) is 0 Å². The van der Waals surface area contributed by atoms with Gasteiger partial charge in [-0.3, -0.25) is 9.69 Å². The van der Waals surface area contributed by atoms with Crippen molar-refractivity contribution in [2.24, 2.45) is 11.8 Å².